The summed E-state index contributed by atoms with van der Waals surface area (Å²) in [6.45, 7) is 0. The third kappa shape index (κ3) is 3.41. The highest BCUT2D eigenvalue weighted by Crippen LogP contribution is 2.27. The Labute approximate surface area is 128 Å². The lowest BCUT2D eigenvalue weighted by atomic mass is 10.2. The maximum atomic E-state index is 12.1. The van der Waals surface area contributed by atoms with Gasteiger partial charge >= 0.3 is 0 Å². The fourth-order valence-corrected chi connectivity index (χ4v) is 2.30. The van der Waals surface area contributed by atoms with Crippen LogP contribution >= 0.6 is 39.1 Å². The molecule has 2 aromatic rings. The molecular weight excluding hydrogens is 351 g/mol. The number of hydrogen-bond acceptors (Lipinski definition) is 2. The minimum Gasteiger partial charge on any atom is -0.399 e. The van der Waals surface area contributed by atoms with Gasteiger partial charge in [-0.3, -0.25) is 4.79 Å². The van der Waals surface area contributed by atoms with Gasteiger partial charge in [0.25, 0.3) is 5.91 Å². The topological polar surface area (TPSA) is 55.1 Å². The zero-order chi connectivity index (χ0) is 14.0. The van der Waals surface area contributed by atoms with Gasteiger partial charge in [0.15, 0.2) is 0 Å². The van der Waals surface area contributed by atoms with Crippen LogP contribution in [0.15, 0.2) is 40.9 Å². The number of hydrogen-bond donors (Lipinski definition) is 2. The standard InChI is InChI=1S/C13H9BrCl2N2O/c14-7-1-4-10(15)12(5-7)18-13(19)9-3-2-8(17)6-11(9)16/h1-6H,17H2,(H,18,19). The van der Waals surface area contributed by atoms with Crippen molar-refractivity contribution in [2.24, 2.45) is 0 Å². The van der Waals surface area contributed by atoms with Crippen molar-refractivity contribution < 1.29 is 4.79 Å². The predicted molar refractivity (Wildman–Crippen MR) is 83.0 cm³/mol. The van der Waals surface area contributed by atoms with Gasteiger partial charge in [-0.2, -0.15) is 0 Å². The van der Waals surface area contributed by atoms with E-state index in [4.69, 9.17) is 28.9 Å². The van der Waals surface area contributed by atoms with E-state index in [9.17, 15) is 4.79 Å². The lowest BCUT2D eigenvalue weighted by Crippen LogP contribution is -2.13. The first kappa shape index (κ1) is 14.2. The van der Waals surface area contributed by atoms with Gasteiger partial charge in [-0.15, -0.1) is 0 Å². The molecular formula is C13H9BrCl2N2O. The molecule has 0 heterocycles. The Morgan fingerprint density at radius 2 is 1.84 bits per heavy atom. The molecule has 0 aliphatic carbocycles. The van der Waals surface area contributed by atoms with Gasteiger partial charge in [0.2, 0.25) is 0 Å². The zero-order valence-corrected chi connectivity index (χ0v) is 12.7. The minimum absolute atomic E-state index is 0.295. The van der Waals surface area contributed by atoms with Crippen LogP contribution < -0.4 is 11.1 Å². The van der Waals surface area contributed by atoms with Crippen molar-refractivity contribution in [1.82, 2.24) is 0 Å². The second-order valence-electron chi connectivity index (χ2n) is 3.82. The summed E-state index contributed by atoms with van der Waals surface area (Å²) in [4.78, 5) is 12.1. The third-order valence-electron chi connectivity index (χ3n) is 2.41. The number of halogens is 3. The van der Waals surface area contributed by atoms with Gasteiger partial charge in [0, 0.05) is 10.2 Å². The zero-order valence-electron chi connectivity index (χ0n) is 9.58. The number of carbonyl (C=O) groups is 1. The molecule has 98 valence electrons. The number of anilines is 2. The summed E-state index contributed by atoms with van der Waals surface area (Å²) in [5, 5.41) is 3.44. The second-order valence-corrected chi connectivity index (χ2v) is 5.55. The Morgan fingerprint density at radius 3 is 2.53 bits per heavy atom. The summed E-state index contributed by atoms with van der Waals surface area (Å²) in [6, 6.07) is 9.90. The number of benzene rings is 2. The molecule has 6 heteroatoms. The van der Waals surface area contributed by atoms with Crippen LogP contribution in [0.25, 0.3) is 0 Å². The molecule has 0 saturated carbocycles. The van der Waals surface area contributed by atoms with Gasteiger partial charge in [0.1, 0.15) is 0 Å². The summed E-state index contributed by atoms with van der Waals surface area (Å²) in [6.07, 6.45) is 0. The number of rotatable bonds is 2. The highest BCUT2D eigenvalue weighted by Gasteiger charge is 2.12. The normalized spacial score (nSPS) is 10.3. The summed E-state index contributed by atoms with van der Waals surface area (Å²) in [5.41, 5.74) is 6.93. The molecule has 3 nitrogen and oxygen atoms in total. The fraction of sp³-hybridized carbons (Fsp3) is 0. The van der Waals surface area contributed by atoms with Crippen LogP contribution in [0.2, 0.25) is 10.0 Å². The van der Waals surface area contributed by atoms with Crippen molar-refractivity contribution in [3.8, 4) is 0 Å². The lowest BCUT2D eigenvalue weighted by molar-refractivity contribution is 0.102. The van der Waals surface area contributed by atoms with Crippen LogP contribution in [-0.4, -0.2) is 5.91 Å². The average Bonchev–Trinajstić information content (AvgIpc) is 2.33. The van der Waals surface area contributed by atoms with Crippen molar-refractivity contribution in [2.75, 3.05) is 11.1 Å². The summed E-state index contributed by atoms with van der Waals surface area (Å²) in [7, 11) is 0. The van der Waals surface area contributed by atoms with Crippen LogP contribution in [-0.2, 0) is 0 Å². The smallest absolute Gasteiger partial charge is 0.257 e. The highest BCUT2D eigenvalue weighted by molar-refractivity contribution is 9.10. The fourth-order valence-electron chi connectivity index (χ4n) is 1.50. The van der Waals surface area contributed by atoms with E-state index in [2.05, 4.69) is 21.2 Å². The second kappa shape index (κ2) is 5.82. The highest BCUT2D eigenvalue weighted by atomic mass is 79.9. The van der Waals surface area contributed by atoms with Gasteiger partial charge in [0.05, 0.1) is 21.3 Å². The van der Waals surface area contributed by atoms with Gasteiger partial charge in [-0.05, 0) is 36.4 Å². The van der Waals surface area contributed by atoms with Gasteiger partial charge < -0.3 is 11.1 Å². The number of nitrogens with one attached hydrogen (secondary N) is 1. The molecule has 0 bridgehead atoms. The first-order chi connectivity index (χ1) is 8.97. The molecule has 1 amide bonds. The van der Waals surface area contributed by atoms with E-state index >= 15 is 0 Å². The summed E-state index contributed by atoms with van der Waals surface area (Å²) in [5.74, 6) is -0.343. The molecule has 3 N–H and O–H groups in total. The summed E-state index contributed by atoms with van der Waals surface area (Å²) < 4.78 is 0.815. The number of carbonyl (C=O) groups excluding carboxylic acids is 1. The Hall–Kier alpha value is -1.23. The molecule has 0 spiro atoms. The van der Waals surface area contributed by atoms with Crippen LogP contribution in [0.4, 0.5) is 11.4 Å². The lowest BCUT2D eigenvalue weighted by Gasteiger charge is -2.09. The first-order valence-corrected chi connectivity index (χ1v) is 6.83. The van der Waals surface area contributed by atoms with Crippen molar-refractivity contribution >= 4 is 56.4 Å². The van der Waals surface area contributed by atoms with Crippen molar-refractivity contribution in [3.63, 3.8) is 0 Å². The molecule has 0 aliphatic rings. The van der Waals surface area contributed by atoms with E-state index in [1.807, 2.05) is 0 Å². The van der Waals surface area contributed by atoms with E-state index < -0.39 is 0 Å². The van der Waals surface area contributed by atoms with E-state index in [0.717, 1.165) is 4.47 Å². The molecule has 0 fully saturated rings. The van der Waals surface area contributed by atoms with Crippen LogP contribution in [0.1, 0.15) is 10.4 Å². The third-order valence-corrected chi connectivity index (χ3v) is 3.55. The predicted octanol–water partition coefficient (Wildman–Crippen LogP) is 4.59. The molecule has 0 unspecified atom stereocenters. The van der Waals surface area contributed by atoms with Crippen molar-refractivity contribution in [1.29, 1.82) is 0 Å². The molecule has 0 aliphatic heterocycles. The number of amides is 1. The molecule has 0 aromatic heterocycles. The molecule has 2 rings (SSSR count). The van der Waals surface area contributed by atoms with Crippen molar-refractivity contribution in [3.05, 3.63) is 56.5 Å². The van der Waals surface area contributed by atoms with Crippen LogP contribution in [0.3, 0.4) is 0 Å². The van der Waals surface area contributed by atoms with E-state index in [0.29, 0.717) is 27.0 Å². The van der Waals surface area contributed by atoms with Crippen molar-refractivity contribution in [2.45, 2.75) is 0 Å². The number of nitrogen functional groups attached to an aromatic ring is 1. The quantitative estimate of drug-likeness (QED) is 0.770. The van der Waals surface area contributed by atoms with Crippen LogP contribution in [0, 0.1) is 0 Å². The van der Waals surface area contributed by atoms with Gasteiger partial charge in [-0.25, -0.2) is 0 Å². The van der Waals surface area contributed by atoms with E-state index in [1.165, 1.54) is 6.07 Å². The Bertz CT molecular complexity index is 647. The number of nitrogens with two attached hydrogens (primary N) is 1. The molecule has 0 saturated heterocycles. The molecule has 0 atom stereocenters. The average molecular weight is 360 g/mol. The van der Waals surface area contributed by atoms with E-state index in [1.54, 1.807) is 30.3 Å². The monoisotopic (exact) mass is 358 g/mol. The SMILES string of the molecule is Nc1ccc(C(=O)Nc2cc(Br)ccc2Cl)c(Cl)c1. The maximum absolute atomic E-state index is 12.1. The molecule has 0 radical (unpaired) electrons. The van der Waals surface area contributed by atoms with Gasteiger partial charge in [-0.1, -0.05) is 39.1 Å². The maximum Gasteiger partial charge on any atom is 0.257 e. The summed E-state index contributed by atoms with van der Waals surface area (Å²) >= 11 is 15.3. The molecule has 2 aromatic carbocycles. The van der Waals surface area contributed by atoms with E-state index in [-0.39, 0.29) is 5.91 Å². The largest absolute Gasteiger partial charge is 0.399 e. The van der Waals surface area contributed by atoms with Crippen LogP contribution in [0.5, 0.6) is 0 Å². The Kier molecular flexibility index (Phi) is 4.34. The minimum atomic E-state index is -0.343. The Balaban J connectivity index is 2.28. The Morgan fingerprint density at radius 1 is 1.11 bits per heavy atom. The first-order valence-electron chi connectivity index (χ1n) is 5.29. The molecule has 19 heavy (non-hydrogen) atoms.